The van der Waals surface area contributed by atoms with Gasteiger partial charge in [0, 0.05) is 17.5 Å². The van der Waals surface area contributed by atoms with Gasteiger partial charge >= 0.3 is 0 Å². The first-order valence-corrected chi connectivity index (χ1v) is 11.8. The van der Waals surface area contributed by atoms with Gasteiger partial charge in [0.1, 0.15) is 6.04 Å². The monoisotopic (exact) mass is 415 g/mol. The molecule has 3 rings (SSSR count). The number of unbranched alkanes of at least 4 members (excludes halogenated alkanes) is 5. The van der Waals surface area contributed by atoms with Crippen LogP contribution in [0.5, 0.6) is 0 Å². The highest BCUT2D eigenvalue weighted by Crippen LogP contribution is 2.23. The maximum atomic E-state index is 12.1. The Morgan fingerprint density at radius 2 is 1.97 bits per heavy atom. The minimum atomic E-state index is -0.590. The van der Waals surface area contributed by atoms with Gasteiger partial charge in [-0.25, -0.2) is 4.98 Å². The molecule has 0 aliphatic carbocycles. The number of thiazole rings is 1. The predicted molar refractivity (Wildman–Crippen MR) is 119 cm³/mol. The van der Waals surface area contributed by atoms with Crippen molar-refractivity contribution in [2.45, 2.75) is 77.0 Å². The van der Waals surface area contributed by atoms with Crippen LogP contribution in [0.3, 0.4) is 0 Å². The largest absolute Gasteiger partial charge is 0.391 e. The Morgan fingerprint density at radius 3 is 2.69 bits per heavy atom. The lowest BCUT2D eigenvalue weighted by Crippen LogP contribution is -2.45. The van der Waals surface area contributed by atoms with E-state index in [-0.39, 0.29) is 5.91 Å². The molecule has 2 aromatic rings. The van der Waals surface area contributed by atoms with Crippen molar-refractivity contribution < 1.29 is 9.90 Å². The van der Waals surface area contributed by atoms with Crippen molar-refractivity contribution in [2.24, 2.45) is 0 Å². The predicted octanol–water partition coefficient (Wildman–Crippen LogP) is 4.05. The Kier molecular flexibility index (Phi) is 8.65. The van der Waals surface area contributed by atoms with E-state index in [2.05, 4.69) is 35.1 Å². The van der Waals surface area contributed by atoms with E-state index >= 15 is 0 Å². The number of hydrogen-bond donors (Lipinski definition) is 3. The van der Waals surface area contributed by atoms with Gasteiger partial charge in [0.05, 0.1) is 16.8 Å². The first-order valence-electron chi connectivity index (χ1n) is 10.9. The molecule has 0 unspecified atom stereocenters. The minimum Gasteiger partial charge on any atom is -0.391 e. The summed E-state index contributed by atoms with van der Waals surface area (Å²) in [5, 5.41) is 19.1. The number of aryl methyl sites for hydroxylation is 1. The Labute approximate surface area is 178 Å². The number of aliphatic hydroxyl groups excluding tert-OH is 1. The number of aliphatic hydroxyl groups is 1. The van der Waals surface area contributed by atoms with Crippen LogP contribution in [0.25, 0.3) is 11.3 Å². The van der Waals surface area contributed by atoms with Crippen molar-refractivity contribution in [3.8, 4) is 11.3 Å². The van der Waals surface area contributed by atoms with Crippen LogP contribution in [-0.4, -0.2) is 34.7 Å². The minimum absolute atomic E-state index is 0.141. The molecule has 2 heterocycles. The van der Waals surface area contributed by atoms with Crippen LogP contribution in [0.1, 0.15) is 62.4 Å². The molecule has 1 fully saturated rings. The van der Waals surface area contributed by atoms with Crippen molar-refractivity contribution >= 4 is 17.2 Å². The number of carbonyl (C=O) groups excluding carboxylic acids is 1. The Bertz CT molecular complexity index is 760. The lowest BCUT2D eigenvalue weighted by Gasteiger charge is -2.14. The molecule has 6 heteroatoms. The third-order valence-corrected chi connectivity index (χ3v) is 6.39. The quantitative estimate of drug-likeness (QED) is 0.484. The third-order valence-electron chi connectivity index (χ3n) is 5.48. The fourth-order valence-corrected chi connectivity index (χ4v) is 4.51. The molecule has 3 N–H and O–H groups in total. The van der Waals surface area contributed by atoms with Crippen LogP contribution in [0, 0.1) is 0 Å². The van der Waals surface area contributed by atoms with Crippen LogP contribution in [0.2, 0.25) is 0 Å². The summed E-state index contributed by atoms with van der Waals surface area (Å²) < 4.78 is 0. The van der Waals surface area contributed by atoms with Crippen molar-refractivity contribution in [3.63, 3.8) is 0 Å². The van der Waals surface area contributed by atoms with Gasteiger partial charge in [-0.05, 0) is 31.4 Å². The smallest absolute Gasteiger partial charge is 0.240 e. The fourth-order valence-electron chi connectivity index (χ4n) is 3.66. The third kappa shape index (κ3) is 6.63. The highest BCUT2D eigenvalue weighted by atomic mass is 32.1. The van der Waals surface area contributed by atoms with Crippen LogP contribution < -0.4 is 10.6 Å². The van der Waals surface area contributed by atoms with Gasteiger partial charge in [0.15, 0.2) is 0 Å². The van der Waals surface area contributed by atoms with Crippen molar-refractivity contribution in [3.05, 3.63) is 40.2 Å². The van der Waals surface area contributed by atoms with Gasteiger partial charge in [-0.2, -0.15) is 0 Å². The first kappa shape index (κ1) is 21.9. The van der Waals surface area contributed by atoms with Crippen molar-refractivity contribution in [1.29, 1.82) is 0 Å². The van der Waals surface area contributed by atoms with E-state index in [1.165, 1.54) is 43.5 Å². The summed E-state index contributed by atoms with van der Waals surface area (Å²) in [4.78, 5) is 16.9. The van der Waals surface area contributed by atoms with Crippen molar-refractivity contribution in [1.82, 2.24) is 15.6 Å². The summed E-state index contributed by atoms with van der Waals surface area (Å²) in [6, 6.07) is 7.69. The van der Waals surface area contributed by atoms with Crippen LogP contribution in [0.15, 0.2) is 29.6 Å². The Hall–Kier alpha value is -1.76. The molecule has 0 spiro atoms. The molecular formula is C23H33N3O2S. The molecule has 1 aromatic carbocycles. The summed E-state index contributed by atoms with van der Waals surface area (Å²) in [7, 11) is 0. The van der Waals surface area contributed by atoms with E-state index in [4.69, 9.17) is 4.98 Å². The van der Waals surface area contributed by atoms with E-state index < -0.39 is 12.1 Å². The first-order chi connectivity index (χ1) is 14.2. The molecule has 1 aliphatic heterocycles. The van der Waals surface area contributed by atoms with E-state index in [9.17, 15) is 9.90 Å². The average molecular weight is 416 g/mol. The van der Waals surface area contributed by atoms with Crippen LogP contribution >= 0.6 is 11.3 Å². The summed E-state index contributed by atoms with van der Waals surface area (Å²) in [6.45, 7) is 3.39. The number of rotatable bonds is 11. The number of nitrogens with zero attached hydrogens (tertiary/aromatic N) is 1. The number of benzene rings is 1. The van der Waals surface area contributed by atoms with Crippen LogP contribution in [0.4, 0.5) is 0 Å². The summed E-state index contributed by atoms with van der Waals surface area (Å²) in [5.41, 5.74) is 3.18. The molecule has 1 amide bonds. The number of aromatic nitrogens is 1. The summed E-state index contributed by atoms with van der Waals surface area (Å²) in [5.74, 6) is -0.141. The molecular weight excluding hydrogens is 382 g/mol. The molecule has 5 nitrogen and oxygen atoms in total. The number of carbonyl (C=O) groups is 1. The lowest BCUT2D eigenvalue weighted by molar-refractivity contribution is -0.124. The maximum Gasteiger partial charge on any atom is 0.240 e. The molecule has 29 heavy (non-hydrogen) atoms. The second kappa shape index (κ2) is 11.4. The van der Waals surface area contributed by atoms with Gasteiger partial charge in [0.25, 0.3) is 0 Å². The molecule has 0 saturated carbocycles. The van der Waals surface area contributed by atoms with Gasteiger partial charge < -0.3 is 15.7 Å². The van der Waals surface area contributed by atoms with E-state index in [1.807, 2.05) is 12.1 Å². The molecule has 158 valence electrons. The lowest BCUT2D eigenvalue weighted by atomic mass is 10.1. The summed E-state index contributed by atoms with van der Waals surface area (Å²) in [6.07, 6.45) is 8.95. The number of nitrogens with one attached hydrogen (secondary N) is 2. The normalized spacial score (nSPS) is 18.8. The summed E-state index contributed by atoms with van der Waals surface area (Å²) >= 11 is 1.75. The molecule has 1 aromatic heterocycles. The molecule has 1 aliphatic rings. The topological polar surface area (TPSA) is 74.2 Å². The zero-order valence-corrected chi connectivity index (χ0v) is 18.1. The molecule has 0 radical (unpaired) electrons. The van der Waals surface area contributed by atoms with E-state index in [0.717, 1.165) is 23.2 Å². The van der Waals surface area contributed by atoms with Gasteiger partial charge in [-0.1, -0.05) is 63.3 Å². The van der Waals surface area contributed by atoms with Crippen molar-refractivity contribution in [2.75, 3.05) is 6.54 Å². The number of amides is 1. The highest BCUT2D eigenvalue weighted by Gasteiger charge is 2.30. The molecule has 0 bridgehead atoms. The zero-order valence-electron chi connectivity index (χ0n) is 17.3. The average Bonchev–Trinajstić information content (AvgIpc) is 3.38. The maximum absolute atomic E-state index is 12.1. The fraction of sp³-hybridized carbons (Fsp3) is 0.565. The van der Waals surface area contributed by atoms with Gasteiger partial charge in [-0.15, -0.1) is 11.3 Å². The Balaban J connectivity index is 1.44. The Morgan fingerprint density at radius 1 is 1.21 bits per heavy atom. The van der Waals surface area contributed by atoms with Gasteiger partial charge in [0.2, 0.25) is 5.91 Å². The second-order valence-electron chi connectivity index (χ2n) is 7.85. The zero-order chi connectivity index (χ0) is 20.5. The highest BCUT2D eigenvalue weighted by molar-refractivity contribution is 7.09. The number of hydrogen-bond acceptors (Lipinski definition) is 5. The van der Waals surface area contributed by atoms with E-state index in [1.54, 1.807) is 11.3 Å². The van der Waals surface area contributed by atoms with Crippen LogP contribution in [-0.2, 0) is 17.8 Å². The standard InChI is InChI=1S/C23H33N3O2S/c1-2-3-4-5-6-7-8-21-26-19(16-29-21)18-11-9-17(10-12-18)15-25-23(28)22-20(27)13-14-24-22/h9-12,16,20,22,24,27H,2-8,13-15H2,1H3,(H,25,28)/t20-,22-/m0/s1. The van der Waals surface area contributed by atoms with E-state index in [0.29, 0.717) is 19.5 Å². The molecule has 1 saturated heterocycles. The van der Waals surface area contributed by atoms with Gasteiger partial charge in [-0.3, -0.25) is 4.79 Å². The second-order valence-corrected chi connectivity index (χ2v) is 8.79. The SMILES string of the molecule is CCCCCCCCc1nc(-c2ccc(CNC(=O)[C@H]3NCC[C@@H]3O)cc2)cs1. The molecule has 2 atom stereocenters.